The maximum Gasteiger partial charge on any atom is 0.148 e. The molecule has 0 aromatic rings. The summed E-state index contributed by atoms with van der Waals surface area (Å²) in [5.41, 5.74) is 0. The van der Waals surface area contributed by atoms with Gasteiger partial charge >= 0.3 is 0 Å². The number of nitrogens with zero attached hydrogens (tertiary/aromatic N) is 1. The molecule has 0 radical (unpaired) electrons. The lowest BCUT2D eigenvalue weighted by Crippen LogP contribution is -2.36. The fourth-order valence-corrected chi connectivity index (χ4v) is 1.65. The van der Waals surface area contributed by atoms with Crippen LogP contribution in [0.1, 0.15) is 19.8 Å². The van der Waals surface area contributed by atoms with Crippen LogP contribution in [0.25, 0.3) is 0 Å². The molecule has 1 atom stereocenters. The van der Waals surface area contributed by atoms with E-state index in [9.17, 15) is 0 Å². The summed E-state index contributed by atoms with van der Waals surface area (Å²) < 4.78 is 10.1. The molecule has 0 saturated carbocycles. The van der Waals surface area contributed by atoms with E-state index in [2.05, 4.69) is 11.8 Å². The van der Waals surface area contributed by atoms with E-state index < -0.39 is 0 Å². The molecule has 0 amide bonds. The Morgan fingerprint density at radius 2 is 2.33 bits per heavy atom. The Labute approximate surface area is 74.6 Å². The van der Waals surface area contributed by atoms with Crippen LogP contribution in [-0.4, -0.2) is 38.6 Å². The average molecular weight is 173 g/mol. The minimum absolute atomic E-state index is 0.408. The van der Waals surface area contributed by atoms with Crippen LogP contribution in [0, 0.1) is 5.92 Å². The van der Waals surface area contributed by atoms with Gasteiger partial charge in [-0.25, -0.2) is 0 Å². The fraction of sp³-hybridized carbons (Fsp3) is 1.00. The van der Waals surface area contributed by atoms with Gasteiger partial charge in [-0.3, -0.25) is 4.90 Å². The summed E-state index contributed by atoms with van der Waals surface area (Å²) in [6.07, 6.45) is 2.66. The summed E-state index contributed by atoms with van der Waals surface area (Å²) in [6.45, 7) is 5.77. The number of hydrogen-bond donors (Lipinski definition) is 0. The summed E-state index contributed by atoms with van der Waals surface area (Å²) in [5, 5.41) is 0. The van der Waals surface area contributed by atoms with Crippen LogP contribution in [0.4, 0.5) is 0 Å². The van der Waals surface area contributed by atoms with Gasteiger partial charge in [-0.15, -0.1) is 0 Å². The summed E-state index contributed by atoms with van der Waals surface area (Å²) in [6, 6.07) is 0. The Kier molecular flexibility index (Phi) is 4.58. The molecule has 72 valence electrons. The Morgan fingerprint density at radius 1 is 1.50 bits per heavy atom. The molecule has 0 bridgehead atoms. The first-order chi connectivity index (χ1) is 5.83. The van der Waals surface area contributed by atoms with Crippen molar-refractivity contribution in [2.24, 2.45) is 5.92 Å². The van der Waals surface area contributed by atoms with Gasteiger partial charge in [-0.1, -0.05) is 6.92 Å². The quantitative estimate of drug-likeness (QED) is 0.472. The summed E-state index contributed by atoms with van der Waals surface area (Å²) in [7, 11) is 1.65. The highest BCUT2D eigenvalue weighted by Gasteiger charge is 2.15. The smallest absolute Gasteiger partial charge is 0.148 e. The van der Waals surface area contributed by atoms with Crippen LogP contribution < -0.4 is 0 Å². The lowest BCUT2D eigenvalue weighted by molar-refractivity contribution is -0.0803. The van der Waals surface area contributed by atoms with E-state index in [4.69, 9.17) is 9.47 Å². The molecule has 3 heteroatoms. The van der Waals surface area contributed by atoms with Crippen LogP contribution in [0.3, 0.4) is 0 Å². The van der Waals surface area contributed by atoms with Crippen molar-refractivity contribution in [3.8, 4) is 0 Å². The normalized spacial score (nSPS) is 26.0. The lowest BCUT2D eigenvalue weighted by atomic mass is 10.0. The Hall–Kier alpha value is -0.120. The van der Waals surface area contributed by atoms with Crippen molar-refractivity contribution < 1.29 is 9.47 Å². The Bertz CT molecular complexity index is 119. The molecule has 0 aromatic heterocycles. The summed E-state index contributed by atoms with van der Waals surface area (Å²) >= 11 is 0. The molecule has 1 saturated heterocycles. The molecule has 1 aliphatic heterocycles. The van der Waals surface area contributed by atoms with E-state index >= 15 is 0 Å². The van der Waals surface area contributed by atoms with E-state index in [1.54, 1.807) is 7.11 Å². The molecule has 0 aromatic carbocycles. The maximum atomic E-state index is 5.27. The summed E-state index contributed by atoms with van der Waals surface area (Å²) in [5.74, 6) is 0.824. The van der Waals surface area contributed by atoms with Gasteiger partial charge in [0.2, 0.25) is 0 Å². The SMILES string of the molecule is COCOCN1CCCC(C)C1. The van der Waals surface area contributed by atoms with Crippen molar-refractivity contribution in [2.45, 2.75) is 19.8 Å². The van der Waals surface area contributed by atoms with Crippen LogP contribution in [0.5, 0.6) is 0 Å². The minimum Gasteiger partial charge on any atom is -0.359 e. The molecule has 0 aliphatic carbocycles. The largest absolute Gasteiger partial charge is 0.359 e. The second-order valence-electron chi connectivity index (χ2n) is 3.56. The van der Waals surface area contributed by atoms with Gasteiger partial charge in [0.25, 0.3) is 0 Å². The predicted octanol–water partition coefficient (Wildman–Crippen LogP) is 1.30. The molecule has 12 heavy (non-hydrogen) atoms. The van der Waals surface area contributed by atoms with Crippen LogP contribution in [0.15, 0.2) is 0 Å². The zero-order valence-corrected chi connectivity index (χ0v) is 8.08. The molecule has 3 nitrogen and oxygen atoms in total. The second kappa shape index (κ2) is 5.51. The first-order valence-corrected chi connectivity index (χ1v) is 4.62. The monoisotopic (exact) mass is 173 g/mol. The third-order valence-electron chi connectivity index (χ3n) is 2.22. The van der Waals surface area contributed by atoms with Crippen molar-refractivity contribution in [1.29, 1.82) is 0 Å². The van der Waals surface area contributed by atoms with Crippen molar-refractivity contribution >= 4 is 0 Å². The highest BCUT2D eigenvalue weighted by molar-refractivity contribution is 4.67. The molecule has 1 aliphatic rings. The lowest BCUT2D eigenvalue weighted by Gasteiger charge is -2.30. The van der Waals surface area contributed by atoms with E-state index in [0.29, 0.717) is 6.79 Å². The van der Waals surface area contributed by atoms with Gasteiger partial charge in [0.15, 0.2) is 0 Å². The predicted molar refractivity (Wildman–Crippen MR) is 47.8 cm³/mol. The molecule has 0 spiro atoms. The third-order valence-corrected chi connectivity index (χ3v) is 2.22. The average Bonchev–Trinajstić information content (AvgIpc) is 2.05. The third kappa shape index (κ3) is 3.52. The van der Waals surface area contributed by atoms with Crippen molar-refractivity contribution in [1.82, 2.24) is 4.90 Å². The van der Waals surface area contributed by atoms with Gasteiger partial charge in [0, 0.05) is 20.2 Å². The second-order valence-corrected chi connectivity index (χ2v) is 3.56. The number of methoxy groups -OCH3 is 1. The highest BCUT2D eigenvalue weighted by Crippen LogP contribution is 2.14. The molecule has 1 fully saturated rings. The molecule has 1 heterocycles. The van der Waals surface area contributed by atoms with Crippen molar-refractivity contribution in [3.63, 3.8) is 0 Å². The van der Waals surface area contributed by atoms with Gasteiger partial charge in [0.1, 0.15) is 13.5 Å². The van der Waals surface area contributed by atoms with Gasteiger partial charge < -0.3 is 9.47 Å². The molecular formula is C9H19NO2. The highest BCUT2D eigenvalue weighted by atomic mass is 16.7. The van der Waals surface area contributed by atoms with Crippen LogP contribution >= 0.6 is 0 Å². The van der Waals surface area contributed by atoms with Crippen LogP contribution in [-0.2, 0) is 9.47 Å². The molecule has 1 rings (SSSR count). The van der Waals surface area contributed by atoms with Crippen molar-refractivity contribution in [2.75, 3.05) is 33.7 Å². The fourth-order valence-electron chi connectivity index (χ4n) is 1.65. The van der Waals surface area contributed by atoms with E-state index in [0.717, 1.165) is 12.6 Å². The number of likely N-dealkylation sites (tertiary alicyclic amines) is 1. The van der Waals surface area contributed by atoms with E-state index in [-0.39, 0.29) is 0 Å². The number of rotatable bonds is 4. The summed E-state index contributed by atoms with van der Waals surface area (Å²) in [4.78, 5) is 2.34. The zero-order valence-electron chi connectivity index (χ0n) is 8.08. The number of ether oxygens (including phenoxy) is 2. The molecule has 1 unspecified atom stereocenters. The number of hydrogen-bond acceptors (Lipinski definition) is 3. The topological polar surface area (TPSA) is 21.7 Å². The molecule has 0 N–H and O–H groups in total. The zero-order chi connectivity index (χ0) is 8.81. The van der Waals surface area contributed by atoms with Gasteiger partial charge in [-0.2, -0.15) is 0 Å². The van der Waals surface area contributed by atoms with Gasteiger partial charge in [0.05, 0.1) is 0 Å². The Balaban J connectivity index is 2.06. The van der Waals surface area contributed by atoms with Crippen LogP contribution in [0.2, 0.25) is 0 Å². The van der Waals surface area contributed by atoms with Crippen molar-refractivity contribution in [3.05, 3.63) is 0 Å². The first kappa shape index (κ1) is 9.96. The maximum absolute atomic E-state index is 5.27. The first-order valence-electron chi connectivity index (χ1n) is 4.62. The van der Waals surface area contributed by atoms with Gasteiger partial charge in [-0.05, 0) is 18.8 Å². The minimum atomic E-state index is 0.408. The standard InChI is InChI=1S/C9H19NO2/c1-9-4-3-5-10(6-9)7-12-8-11-2/h9H,3-8H2,1-2H3. The number of piperidine rings is 1. The van der Waals surface area contributed by atoms with E-state index in [1.165, 1.54) is 25.9 Å². The van der Waals surface area contributed by atoms with E-state index in [1.807, 2.05) is 0 Å². The molecular weight excluding hydrogens is 154 g/mol. The Morgan fingerprint density at radius 3 is 3.00 bits per heavy atom.